The van der Waals surface area contributed by atoms with E-state index in [0.29, 0.717) is 28.4 Å². The van der Waals surface area contributed by atoms with Crippen molar-refractivity contribution in [3.05, 3.63) is 53.6 Å². The predicted molar refractivity (Wildman–Crippen MR) is 87.6 cm³/mol. The Balaban J connectivity index is 2.15. The van der Waals surface area contributed by atoms with E-state index in [1.807, 2.05) is 6.07 Å². The number of carbonyl (C=O) groups excluding carboxylic acids is 1. The van der Waals surface area contributed by atoms with Crippen molar-refractivity contribution >= 4 is 12.1 Å². The van der Waals surface area contributed by atoms with Crippen LogP contribution in [0.1, 0.15) is 15.9 Å². The Hall–Kier alpha value is -3.02. The molecular formula is C17H18N2O4. The fourth-order valence-corrected chi connectivity index (χ4v) is 2.00. The van der Waals surface area contributed by atoms with Crippen LogP contribution in [0.15, 0.2) is 47.6 Å². The number of hydrazone groups is 1. The number of nitrogens with one attached hydrogen (secondary N) is 1. The quantitative estimate of drug-likeness (QED) is 0.657. The maximum atomic E-state index is 11.9. The second-order valence-electron chi connectivity index (χ2n) is 4.52. The molecule has 0 spiro atoms. The molecule has 0 unspecified atom stereocenters. The fraction of sp³-hybridized carbons (Fsp3) is 0.176. The van der Waals surface area contributed by atoms with E-state index in [1.54, 1.807) is 36.4 Å². The molecule has 0 aliphatic heterocycles. The second kappa shape index (κ2) is 7.84. The average Bonchev–Trinajstić information content (AvgIpc) is 2.61. The Bertz CT molecular complexity index is 674. The molecule has 0 saturated carbocycles. The van der Waals surface area contributed by atoms with E-state index < -0.39 is 0 Å². The van der Waals surface area contributed by atoms with Crippen molar-refractivity contribution < 1.29 is 19.0 Å². The van der Waals surface area contributed by atoms with Crippen molar-refractivity contribution in [1.29, 1.82) is 0 Å². The summed E-state index contributed by atoms with van der Waals surface area (Å²) in [6, 6.07) is 12.3. The van der Waals surface area contributed by atoms with Gasteiger partial charge in [-0.05, 0) is 24.3 Å². The monoisotopic (exact) mass is 314 g/mol. The number of benzene rings is 2. The summed E-state index contributed by atoms with van der Waals surface area (Å²) < 4.78 is 15.8. The number of nitrogens with zero attached hydrogens (tertiary/aromatic N) is 1. The molecule has 0 aliphatic rings. The molecule has 0 aromatic heterocycles. The first-order valence-corrected chi connectivity index (χ1v) is 6.88. The molecule has 23 heavy (non-hydrogen) atoms. The molecule has 6 heteroatoms. The highest BCUT2D eigenvalue weighted by Gasteiger charge is 2.12. The van der Waals surface area contributed by atoms with Crippen molar-refractivity contribution in [3.8, 4) is 17.2 Å². The van der Waals surface area contributed by atoms with Crippen molar-refractivity contribution in [2.75, 3.05) is 21.3 Å². The van der Waals surface area contributed by atoms with E-state index in [0.717, 1.165) is 0 Å². The fourth-order valence-electron chi connectivity index (χ4n) is 2.00. The first kappa shape index (κ1) is 16.4. The third kappa shape index (κ3) is 4.00. The summed E-state index contributed by atoms with van der Waals surface area (Å²) in [6.07, 6.45) is 1.51. The van der Waals surface area contributed by atoms with Crippen LogP contribution in [-0.2, 0) is 0 Å². The van der Waals surface area contributed by atoms with Gasteiger partial charge in [-0.25, -0.2) is 5.43 Å². The average molecular weight is 314 g/mol. The number of methoxy groups -OCH3 is 3. The van der Waals surface area contributed by atoms with Crippen LogP contribution in [-0.4, -0.2) is 33.5 Å². The summed E-state index contributed by atoms with van der Waals surface area (Å²) >= 11 is 0. The van der Waals surface area contributed by atoms with E-state index in [1.165, 1.54) is 27.5 Å². The maximum Gasteiger partial charge on any atom is 0.271 e. The SMILES string of the molecule is COc1cc(/C=N\NC(=O)c2ccccc2)cc(OC)c1OC. The highest BCUT2D eigenvalue weighted by molar-refractivity contribution is 5.94. The van der Waals surface area contributed by atoms with E-state index in [-0.39, 0.29) is 5.91 Å². The second-order valence-corrected chi connectivity index (χ2v) is 4.52. The molecule has 0 bridgehead atoms. The molecule has 120 valence electrons. The van der Waals surface area contributed by atoms with Crippen LogP contribution in [0.5, 0.6) is 17.2 Å². The molecule has 2 aromatic rings. The van der Waals surface area contributed by atoms with Crippen LogP contribution in [0.25, 0.3) is 0 Å². The number of hydrogen-bond acceptors (Lipinski definition) is 5. The van der Waals surface area contributed by atoms with Gasteiger partial charge in [-0.2, -0.15) is 5.10 Å². The molecule has 0 atom stereocenters. The number of hydrogen-bond donors (Lipinski definition) is 1. The number of rotatable bonds is 6. The predicted octanol–water partition coefficient (Wildman–Crippen LogP) is 2.48. The Morgan fingerprint density at radius 2 is 1.61 bits per heavy atom. The van der Waals surface area contributed by atoms with Crippen LogP contribution in [0.3, 0.4) is 0 Å². The molecule has 0 heterocycles. The summed E-state index contributed by atoms with van der Waals surface area (Å²) in [7, 11) is 4.61. The first-order valence-electron chi connectivity index (χ1n) is 6.88. The minimum absolute atomic E-state index is 0.283. The zero-order valence-electron chi connectivity index (χ0n) is 13.2. The lowest BCUT2D eigenvalue weighted by molar-refractivity contribution is 0.0955. The number of carbonyl (C=O) groups is 1. The molecule has 0 fully saturated rings. The van der Waals surface area contributed by atoms with Gasteiger partial charge in [0.1, 0.15) is 0 Å². The van der Waals surface area contributed by atoms with Gasteiger partial charge in [-0.15, -0.1) is 0 Å². The molecule has 0 aliphatic carbocycles. The normalized spacial score (nSPS) is 10.4. The van der Waals surface area contributed by atoms with Gasteiger partial charge >= 0.3 is 0 Å². The van der Waals surface area contributed by atoms with Crippen LogP contribution in [0.4, 0.5) is 0 Å². The summed E-state index contributed by atoms with van der Waals surface area (Å²) in [5.41, 5.74) is 3.71. The lowest BCUT2D eigenvalue weighted by Gasteiger charge is -2.12. The van der Waals surface area contributed by atoms with E-state index in [2.05, 4.69) is 10.5 Å². The first-order chi connectivity index (χ1) is 11.2. The van der Waals surface area contributed by atoms with Gasteiger partial charge < -0.3 is 14.2 Å². The molecule has 1 N–H and O–H groups in total. The molecule has 0 saturated heterocycles. The molecule has 6 nitrogen and oxygen atoms in total. The summed E-state index contributed by atoms with van der Waals surface area (Å²) in [5, 5.41) is 3.95. The van der Waals surface area contributed by atoms with E-state index in [9.17, 15) is 4.79 Å². The van der Waals surface area contributed by atoms with Gasteiger partial charge in [0, 0.05) is 11.1 Å². The van der Waals surface area contributed by atoms with Gasteiger partial charge in [0.25, 0.3) is 5.91 Å². The van der Waals surface area contributed by atoms with E-state index in [4.69, 9.17) is 14.2 Å². The standard InChI is InChI=1S/C17H18N2O4/c1-21-14-9-12(10-15(22-2)16(14)23-3)11-18-19-17(20)13-7-5-4-6-8-13/h4-11H,1-3H3,(H,19,20)/b18-11-. The third-order valence-electron chi connectivity index (χ3n) is 3.10. The number of ether oxygens (including phenoxy) is 3. The highest BCUT2D eigenvalue weighted by Crippen LogP contribution is 2.37. The Morgan fingerprint density at radius 1 is 1.00 bits per heavy atom. The van der Waals surface area contributed by atoms with Crippen LogP contribution < -0.4 is 19.6 Å². The zero-order chi connectivity index (χ0) is 16.7. The van der Waals surface area contributed by atoms with Gasteiger partial charge in [-0.3, -0.25) is 4.79 Å². The Kier molecular flexibility index (Phi) is 5.57. The summed E-state index contributed by atoms with van der Waals surface area (Å²) in [4.78, 5) is 11.9. The smallest absolute Gasteiger partial charge is 0.271 e. The van der Waals surface area contributed by atoms with Gasteiger partial charge in [0.2, 0.25) is 5.75 Å². The third-order valence-corrected chi connectivity index (χ3v) is 3.10. The molecule has 1 amide bonds. The molecule has 0 radical (unpaired) electrons. The number of amides is 1. The Labute approximate surface area is 134 Å². The van der Waals surface area contributed by atoms with Gasteiger partial charge in [0.05, 0.1) is 27.5 Å². The molecular weight excluding hydrogens is 296 g/mol. The molecule has 2 aromatic carbocycles. The minimum Gasteiger partial charge on any atom is -0.493 e. The molecule has 2 rings (SSSR count). The lowest BCUT2D eigenvalue weighted by atomic mass is 10.2. The van der Waals surface area contributed by atoms with Crippen molar-refractivity contribution in [2.45, 2.75) is 0 Å². The zero-order valence-corrected chi connectivity index (χ0v) is 13.2. The maximum absolute atomic E-state index is 11.9. The van der Waals surface area contributed by atoms with Gasteiger partial charge in [-0.1, -0.05) is 18.2 Å². The van der Waals surface area contributed by atoms with Crippen LogP contribution in [0.2, 0.25) is 0 Å². The van der Waals surface area contributed by atoms with Crippen molar-refractivity contribution in [2.24, 2.45) is 5.10 Å². The van der Waals surface area contributed by atoms with Gasteiger partial charge in [0.15, 0.2) is 11.5 Å². The topological polar surface area (TPSA) is 69.2 Å². The van der Waals surface area contributed by atoms with Crippen LogP contribution >= 0.6 is 0 Å². The summed E-state index contributed by atoms with van der Waals surface area (Å²) in [6.45, 7) is 0. The highest BCUT2D eigenvalue weighted by atomic mass is 16.5. The van der Waals surface area contributed by atoms with E-state index >= 15 is 0 Å². The lowest BCUT2D eigenvalue weighted by Crippen LogP contribution is -2.17. The van der Waals surface area contributed by atoms with Crippen molar-refractivity contribution in [1.82, 2.24) is 5.43 Å². The minimum atomic E-state index is -0.283. The van der Waals surface area contributed by atoms with Crippen molar-refractivity contribution in [3.63, 3.8) is 0 Å². The Morgan fingerprint density at radius 3 is 2.13 bits per heavy atom. The summed E-state index contributed by atoms with van der Waals surface area (Å²) in [5.74, 6) is 1.25. The van der Waals surface area contributed by atoms with Crippen LogP contribution in [0, 0.1) is 0 Å². The largest absolute Gasteiger partial charge is 0.493 e.